The first-order valence-electron chi connectivity index (χ1n) is 5.91. The summed E-state index contributed by atoms with van der Waals surface area (Å²) in [7, 11) is 0. The molecule has 0 atom stereocenters. The molecule has 0 saturated heterocycles. The molecule has 15 heavy (non-hydrogen) atoms. The Labute approximate surface area is 91.5 Å². The molecule has 1 spiro atoms. The number of nitrogens with two attached hydrogens (primary N) is 1. The standard InChI is InChI=1S/C11H21N3O/c1-3-5-14-10(12)13-8-11(14)6-9(7-11)15-4-2/h9H,3-8H2,1-2H3,(H2,12,13). The first-order valence-corrected chi connectivity index (χ1v) is 5.91. The van der Waals surface area contributed by atoms with Crippen molar-refractivity contribution in [2.75, 3.05) is 19.7 Å². The second-order valence-electron chi connectivity index (χ2n) is 4.54. The summed E-state index contributed by atoms with van der Waals surface area (Å²) in [5.74, 6) is 0.729. The zero-order chi connectivity index (χ0) is 10.9. The maximum atomic E-state index is 5.90. The quantitative estimate of drug-likeness (QED) is 0.753. The predicted molar refractivity (Wildman–Crippen MR) is 60.9 cm³/mol. The molecule has 4 heteroatoms. The van der Waals surface area contributed by atoms with Crippen LogP contribution in [0.1, 0.15) is 33.1 Å². The molecule has 0 aromatic carbocycles. The lowest BCUT2D eigenvalue weighted by atomic mass is 9.73. The highest BCUT2D eigenvalue weighted by Crippen LogP contribution is 2.42. The number of guanidine groups is 1. The number of hydrogen-bond donors (Lipinski definition) is 1. The van der Waals surface area contributed by atoms with E-state index in [0.29, 0.717) is 6.10 Å². The van der Waals surface area contributed by atoms with Gasteiger partial charge in [-0.1, -0.05) is 6.92 Å². The molecule has 1 fully saturated rings. The third-order valence-corrected chi connectivity index (χ3v) is 3.45. The van der Waals surface area contributed by atoms with Gasteiger partial charge in [-0.25, -0.2) is 0 Å². The molecule has 86 valence electrons. The number of hydrogen-bond acceptors (Lipinski definition) is 4. The van der Waals surface area contributed by atoms with Gasteiger partial charge in [0.1, 0.15) is 0 Å². The third kappa shape index (κ3) is 1.71. The van der Waals surface area contributed by atoms with E-state index in [1.807, 2.05) is 6.92 Å². The van der Waals surface area contributed by atoms with Crippen LogP contribution >= 0.6 is 0 Å². The van der Waals surface area contributed by atoms with Crippen LogP contribution in [-0.4, -0.2) is 42.2 Å². The fourth-order valence-corrected chi connectivity index (χ4v) is 2.71. The van der Waals surface area contributed by atoms with E-state index < -0.39 is 0 Å². The van der Waals surface area contributed by atoms with Gasteiger partial charge in [0.25, 0.3) is 0 Å². The van der Waals surface area contributed by atoms with Crippen molar-refractivity contribution in [1.29, 1.82) is 0 Å². The highest BCUT2D eigenvalue weighted by molar-refractivity contribution is 5.81. The molecular weight excluding hydrogens is 190 g/mol. The first-order chi connectivity index (χ1) is 7.22. The molecule has 0 unspecified atom stereocenters. The second kappa shape index (κ2) is 4.00. The van der Waals surface area contributed by atoms with Crippen molar-refractivity contribution in [2.24, 2.45) is 10.7 Å². The molecule has 1 heterocycles. The maximum absolute atomic E-state index is 5.90. The van der Waals surface area contributed by atoms with Crippen LogP contribution in [0.4, 0.5) is 0 Å². The van der Waals surface area contributed by atoms with E-state index in [0.717, 1.165) is 44.9 Å². The van der Waals surface area contributed by atoms with Gasteiger partial charge in [-0.3, -0.25) is 4.99 Å². The molecule has 0 radical (unpaired) electrons. The maximum Gasteiger partial charge on any atom is 0.191 e. The predicted octanol–water partition coefficient (Wildman–Crippen LogP) is 0.964. The minimum Gasteiger partial charge on any atom is -0.378 e. The molecule has 2 aliphatic rings. The van der Waals surface area contributed by atoms with E-state index >= 15 is 0 Å². The van der Waals surface area contributed by atoms with Gasteiger partial charge in [-0.15, -0.1) is 0 Å². The zero-order valence-electron chi connectivity index (χ0n) is 9.70. The molecule has 0 aromatic rings. The van der Waals surface area contributed by atoms with E-state index in [2.05, 4.69) is 16.8 Å². The van der Waals surface area contributed by atoms with Gasteiger partial charge in [0.2, 0.25) is 0 Å². The fraction of sp³-hybridized carbons (Fsp3) is 0.909. The van der Waals surface area contributed by atoms with E-state index in [1.54, 1.807) is 0 Å². The van der Waals surface area contributed by atoms with Gasteiger partial charge in [-0.05, 0) is 26.2 Å². The topological polar surface area (TPSA) is 50.8 Å². The van der Waals surface area contributed by atoms with Crippen molar-refractivity contribution in [3.8, 4) is 0 Å². The Balaban J connectivity index is 1.94. The van der Waals surface area contributed by atoms with Crippen molar-refractivity contribution in [1.82, 2.24) is 4.90 Å². The number of rotatable bonds is 4. The van der Waals surface area contributed by atoms with Gasteiger partial charge in [0.05, 0.1) is 18.2 Å². The number of ether oxygens (including phenoxy) is 1. The lowest BCUT2D eigenvalue weighted by molar-refractivity contribution is -0.0731. The van der Waals surface area contributed by atoms with Gasteiger partial charge in [-0.2, -0.15) is 0 Å². The Morgan fingerprint density at radius 2 is 2.27 bits per heavy atom. The molecule has 1 aliphatic carbocycles. The molecule has 0 bridgehead atoms. The summed E-state index contributed by atoms with van der Waals surface area (Å²) < 4.78 is 5.61. The SMILES string of the molecule is CCCN1C(N)=NCC12CC(OCC)C2. The van der Waals surface area contributed by atoms with E-state index in [4.69, 9.17) is 10.5 Å². The van der Waals surface area contributed by atoms with E-state index in [-0.39, 0.29) is 5.54 Å². The van der Waals surface area contributed by atoms with E-state index in [1.165, 1.54) is 0 Å². The average Bonchev–Trinajstić information content (AvgIpc) is 2.47. The minimum atomic E-state index is 0.208. The molecule has 1 saturated carbocycles. The summed E-state index contributed by atoms with van der Waals surface area (Å²) in [6, 6.07) is 0. The van der Waals surface area contributed by atoms with Crippen LogP contribution in [-0.2, 0) is 4.74 Å². The number of nitrogens with zero attached hydrogens (tertiary/aromatic N) is 2. The minimum absolute atomic E-state index is 0.208. The normalized spacial score (nSPS) is 34.4. The highest BCUT2D eigenvalue weighted by atomic mass is 16.5. The zero-order valence-corrected chi connectivity index (χ0v) is 9.70. The Morgan fingerprint density at radius 1 is 1.53 bits per heavy atom. The second-order valence-corrected chi connectivity index (χ2v) is 4.54. The van der Waals surface area contributed by atoms with Crippen molar-refractivity contribution in [3.63, 3.8) is 0 Å². The average molecular weight is 211 g/mol. The van der Waals surface area contributed by atoms with Crippen molar-refractivity contribution in [2.45, 2.75) is 44.8 Å². The summed E-state index contributed by atoms with van der Waals surface area (Å²) in [6.45, 7) is 6.92. The summed E-state index contributed by atoms with van der Waals surface area (Å²) in [5, 5.41) is 0. The molecule has 1 aliphatic heterocycles. The molecule has 0 aromatic heterocycles. The van der Waals surface area contributed by atoms with Crippen LogP contribution in [0.15, 0.2) is 4.99 Å². The van der Waals surface area contributed by atoms with Crippen LogP contribution in [0.3, 0.4) is 0 Å². The van der Waals surface area contributed by atoms with Gasteiger partial charge in [0.15, 0.2) is 5.96 Å². The van der Waals surface area contributed by atoms with Gasteiger partial charge >= 0.3 is 0 Å². The Bertz CT molecular complexity index is 259. The molecule has 2 rings (SSSR count). The summed E-state index contributed by atoms with van der Waals surface area (Å²) in [4.78, 5) is 6.65. The summed E-state index contributed by atoms with van der Waals surface area (Å²) in [6.07, 6.45) is 3.73. The van der Waals surface area contributed by atoms with E-state index in [9.17, 15) is 0 Å². The van der Waals surface area contributed by atoms with Crippen LogP contribution in [0.2, 0.25) is 0 Å². The molecular formula is C11H21N3O. The Kier molecular flexibility index (Phi) is 2.87. The van der Waals surface area contributed by atoms with Gasteiger partial charge < -0.3 is 15.4 Å². The van der Waals surface area contributed by atoms with Crippen LogP contribution in [0.5, 0.6) is 0 Å². The smallest absolute Gasteiger partial charge is 0.191 e. The van der Waals surface area contributed by atoms with Crippen LogP contribution in [0, 0.1) is 0 Å². The summed E-state index contributed by atoms with van der Waals surface area (Å²) >= 11 is 0. The number of aliphatic imine (C=N–C) groups is 1. The first kappa shape index (κ1) is 10.7. The Hall–Kier alpha value is -0.770. The van der Waals surface area contributed by atoms with Gasteiger partial charge in [0, 0.05) is 13.2 Å². The molecule has 0 amide bonds. The Morgan fingerprint density at radius 3 is 2.87 bits per heavy atom. The highest BCUT2D eigenvalue weighted by Gasteiger charge is 2.52. The largest absolute Gasteiger partial charge is 0.378 e. The molecule has 4 nitrogen and oxygen atoms in total. The molecule has 2 N–H and O–H groups in total. The van der Waals surface area contributed by atoms with Crippen LogP contribution < -0.4 is 5.73 Å². The van der Waals surface area contributed by atoms with Crippen molar-refractivity contribution >= 4 is 5.96 Å². The third-order valence-electron chi connectivity index (χ3n) is 3.45. The fourth-order valence-electron chi connectivity index (χ4n) is 2.71. The van der Waals surface area contributed by atoms with Crippen LogP contribution in [0.25, 0.3) is 0 Å². The summed E-state index contributed by atoms with van der Waals surface area (Å²) in [5.41, 5.74) is 6.11. The monoisotopic (exact) mass is 211 g/mol. The van der Waals surface area contributed by atoms with Crippen molar-refractivity contribution < 1.29 is 4.74 Å². The lowest BCUT2D eigenvalue weighted by Gasteiger charge is -2.50. The lowest BCUT2D eigenvalue weighted by Crippen LogP contribution is -2.61. The van der Waals surface area contributed by atoms with Crippen molar-refractivity contribution in [3.05, 3.63) is 0 Å².